The van der Waals surface area contributed by atoms with Crippen molar-refractivity contribution in [2.75, 3.05) is 0 Å². The largest absolute Gasteiger partial charge is 0.507 e. The molecule has 4 aromatic carbocycles. The summed E-state index contributed by atoms with van der Waals surface area (Å²) in [5.41, 5.74) is 12.5. The van der Waals surface area contributed by atoms with Crippen LogP contribution in [0.3, 0.4) is 0 Å². The summed E-state index contributed by atoms with van der Waals surface area (Å²) in [6.45, 7) is 12.3. The van der Waals surface area contributed by atoms with Gasteiger partial charge in [-0.25, -0.2) is 0 Å². The van der Waals surface area contributed by atoms with E-state index in [1.54, 1.807) is 0 Å². The van der Waals surface area contributed by atoms with Gasteiger partial charge >= 0.3 is 0 Å². The van der Waals surface area contributed by atoms with Crippen molar-refractivity contribution in [3.05, 3.63) is 105 Å². The molecule has 4 rings (SSSR count). The number of hydrogen-bond acceptors (Lipinski definition) is 2. The molecule has 0 aromatic heterocycles. The standard InChI is InChI=1S/C31H32O2/c1-18-11-7-9-13-26(18)28-20(3)15-24(30(32)22(28)5)17-25-16-21(4)29(23(6)31(25)33)27-14-10-8-12-19(27)2/h7-16,32-33H,17H2,1-6H3. The van der Waals surface area contributed by atoms with Crippen LogP contribution >= 0.6 is 0 Å². The van der Waals surface area contributed by atoms with Gasteiger partial charge in [0.15, 0.2) is 0 Å². The molecule has 0 aliphatic heterocycles. The quantitative estimate of drug-likeness (QED) is 0.342. The minimum atomic E-state index is 0.302. The Morgan fingerprint density at radius 2 is 0.879 bits per heavy atom. The first-order chi connectivity index (χ1) is 15.7. The number of benzene rings is 4. The number of phenolic OH excluding ortho intramolecular Hbond substituents is 2. The average molecular weight is 437 g/mol. The Morgan fingerprint density at radius 1 is 0.515 bits per heavy atom. The third-order valence-corrected chi connectivity index (χ3v) is 6.85. The van der Waals surface area contributed by atoms with E-state index in [9.17, 15) is 10.2 Å². The van der Waals surface area contributed by atoms with Crippen LogP contribution in [-0.2, 0) is 6.42 Å². The van der Waals surface area contributed by atoms with Crippen LogP contribution in [0.5, 0.6) is 11.5 Å². The minimum absolute atomic E-state index is 0.302. The van der Waals surface area contributed by atoms with Crippen molar-refractivity contribution < 1.29 is 10.2 Å². The number of aromatic hydroxyl groups is 2. The van der Waals surface area contributed by atoms with Crippen molar-refractivity contribution in [1.29, 1.82) is 0 Å². The molecule has 0 unspecified atom stereocenters. The van der Waals surface area contributed by atoms with Crippen LogP contribution in [0, 0.1) is 41.5 Å². The lowest BCUT2D eigenvalue weighted by molar-refractivity contribution is 0.458. The molecule has 0 heterocycles. The summed E-state index contributed by atoms with van der Waals surface area (Å²) in [6, 6.07) is 20.7. The maximum atomic E-state index is 11.1. The summed E-state index contributed by atoms with van der Waals surface area (Å²) in [5.74, 6) is 0.605. The van der Waals surface area contributed by atoms with Gasteiger partial charge in [0, 0.05) is 6.42 Å². The predicted octanol–water partition coefficient (Wildman–Crippen LogP) is 7.87. The summed E-state index contributed by atoms with van der Waals surface area (Å²) >= 11 is 0. The molecule has 0 spiro atoms. The molecule has 0 aliphatic rings. The van der Waals surface area contributed by atoms with Crippen LogP contribution in [0.15, 0.2) is 60.7 Å². The third-order valence-electron chi connectivity index (χ3n) is 6.85. The van der Waals surface area contributed by atoms with Gasteiger partial charge in [-0.05, 0) is 108 Å². The lowest BCUT2D eigenvalue weighted by atomic mass is 9.86. The smallest absolute Gasteiger partial charge is 0.122 e. The molecule has 0 saturated carbocycles. The Balaban J connectivity index is 1.79. The maximum Gasteiger partial charge on any atom is 0.122 e. The van der Waals surface area contributed by atoms with Crippen LogP contribution in [0.4, 0.5) is 0 Å². The van der Waals surface area contributed by atoms with E-state index in [-0.39, 0.29) is 0 Å². The highest BCUT2D eigenvalue weighted by Gasteiger charge is 2.19. The SMILES string of the molecule is Cc1ccccc1-c1c(C)cc(Cc2cc(C)c(-c3ccccc3C)c(C)c2O)c(O)c1C. The van der Waals surface area contributed by atoms with E-state index < -0.39 is 0 Å². The van der Waals surface area contributed by atoms with Crippen molar-refractivity contribution in [1.82, 2.24) is 0 Å². The highest BCUT2D eigenvalue weighted by atomic mass is 16.3. The Morgan fingerprint density at radius 3 is 1.24 bits per heavy atom. The normalized spacial score (nSPS) is 11.1. The zero-order valence-electron chi connectivity index (χ0n) is 20.4. The van der Waals surface area contributed by atoms with Crippen molar-refractivity contribution in [3.63, 3.8) is 0 Å². The van der Waals surface area contributed by atoms with Crippen molar-refractivity contribution >= 4 is 0 Å². The van der Waals surface area contributed by atoms with Gasteiger partial charge < -0.3 is 10.2 Å². The topological polar surface area (TPSA) is 40.5 Å². The fraction of sp³-hybridized carbons (Fsp3) is 0.226. The zero-order chi connectivity index (χ0) is 23.9. The average Bonchev–Trinajstić information content (AvgIpc) is 2.78. The molecule has 33 heavy (non-hydrogen) atoms. The molecule has 2 N–H and O–H groups in total. The molecule has 0 radical (unpaired) electrons. The molecule has 4 aromatic rings. The highest BCUT2D eigenvalue weighted by molar-refractivity contribution is 5.78. The van der Waals surface area contributed by atoms with Gasteiger partial charge in [0.05, 0.1) is 0 Å². The van der Waals surface area contributed by atoms with Gasteiger partial charge in [-0.1, -0.05) is 60.7 Å². The van der Waals surface area contributed by atoms with Crippen LogP contribution in [0.1, 0.15) is 44.5 Å². The molecule has 0 atom stereocenters. The Bertz CT molecular complexity index is 1260. The first-order valence-corrected chi connectivity index (χ1v) is 11.5. The van der Waals surface area contributed by atoms with Crippen LogP contribution < -0.4 is 0 Å². The van der Waals surface area contributed by atoms with Gasteiger partial charge in [0.25, 0.3) is 0 Å². The highest BCUT2D eigenvalue weighted by Crippen LogP contribution is 2.41. The fourth-order valence-electron chi connectivity index (χ4n) is 5.12. The van der Waals surface area contributed by atoms with Crippen LogP contribution in [0.25, 0.3) is 22.3 Å². The van der Waals surface area contributed by atoms with Crippen LogP contribution in [-0.4, -0.2) is 10.2 Å². The van der Waals surface area contributed by atoms with Crippen molar-refractivity contribution in [3.8, 4) is 33.8 Å². The summed E-state index contributed by atoms with van der Waals surface area (Å²) in [4.78, 5) is 0. The van der Waals surface area contributed by atoms with E-state index in [2.05, 4.69) is 64.1 Å². The first kappa shape index (κ1) is 22.7. The fourth-order valence-corrected chi connectivity index (χ4v) is 5.12. The molecule has 0 aliphatic carbocycles. The van der Waals surface area contributed by atoms with Crippen LogP contribution in [0.2, 0.25) is 0 Å². The third kappa shape index (κ3) is 4.02. The van der Waals surface area contributed by atoms with E-state index in [4.69, 9.17) is 0 Å². The molecular formula is C31H32O2. The zero-order valence-corrected chi connectivity index (χ0v) is 20.4. The molecule has 2 heteroatoms. The number of aryl methyl sites for hydroxylation is 4. The summed E-state index contributed by atoms with van der Waals surface area (Å²) < 4.78 is 0. The molecular weight excluding hydrogens is 404 g/mol. The van der Waals surface area contributed by atoms with Gasteiger partial charge in [-0.3, -0.25) is 0 Å². The van der Waals surface area contributed by atoms with E-state index in [0.717, 1.165) is 55.6 Å². The molecule has 0 bridgehead atoms. The van der Waals surface area contributed by atoms with E-state index in [1.807, 2.05) is 38.1 Å². The summed E-state index contributed by atoms with van der Waals surface area (Å²) in [7, 11) is 0. The second-order valence-corrected chi connectivity index (χ2v) is 9.21. The number of rotatable bonds is 4. The van der Waals surface area contributed by atoms with E-state index in [1.165, 1.54) is 11.1 Å². The first-order valence-electron chi connectivity index (χ1n) is 11.5. The van der Waals surface area contributed by atoms with Gasteiger partial charge in [-0.2, -0.15) is 0 Å². The molecule has 0 amide bonds. The molecule has 168 valence electrons. The van der Waals surface area contributed by atoms with Gasteiger partial charge in [-0.15, -0.1) is 0 Å². The lowest BCUT2D eigenvalue weighted by Crippen LogP contribution is -2.00. The monoisotopic (exact) mass is 436 g/mol. The summed E-state index contributed by atoms with van der Waals surface area (Å²) in [5, 5.41) is 22.3. The predicted molar refractivity (Wildman–Crippen MR) is 138 cm³/mol. The molecule has 0 saturated heterocycles. The molecule has 0 fully saturated rings. The second-order valence-electron chi connectivity index (χ2n) is 9.21. The van der Waals surface area contributed by atoms with E-state index in [0.29, 0.717) is 17.9 Å². The maximum absolute atomic E-state index is 11.1. The summed E-state index contributed by atoms with van der Waals surface area (Å²) in [6.07, 6.45) is 0.475. The second kappa shape index (κ2) is 8.78. The lowest BCUT2D eigenvalue weighted by Gasteiger charge is -2.20. The Labute approximate surface area is 197 Å². The van der Waals surface area contributed by atoms with Gasteiger partial charge in [0.2, 0.25) is 0 Å². The Kier molecular flexibility index (Phi) is 6.03. The number of hydrogen-bond donors (Lipinski definition) is 2. The van der Waals surface area contributed by atoms with Crippen molar-refractivity contribution in [2.24, 2.45) is 0 Å². The molecule has 2 nitrogen and oxygen atoms in total. The minimum Gasteiger partial charge on any atom is -0.507 e. The van der Waals surface area contributed by atoms with Crippen molar-refractivity contribution in [2.45, 2.75) is 48.0 Å². The number of phenols is 2. The van der Waals surface area contributed by atoms with Gasteiger partial charge in [0.1, 0.15) is 11.5 Å². The van der Waals surface area contributed by atoms with E-state index >= 15 is 0 Å². The Hall–Kier alpha value is -3.52.